The number of benzene rings is 3. The first-order chi connectivity index (χ1) is 27.8. The van der Waals surface area contributed by atoms with Gasteiger partial charge in [0.1, 0.15) is 24.1 Å². The first kappa shape index (κ1) is 37.6. The van der Waals surface area contributed by atoms with Crippen LogP contribution in [0.3, 0.4) is 0 Å². The van der Waals surface area contributed by atoms with Crippen LogP contribution in [0.4, 0.5) is 0 Å². The van der Waals surface area contributed by atoms with Gasteiger partial charge in [0.15, 0.2) is 23.0 Å². The molecule has 0 bridgehead atoms. The molecule has 0 amide bonds. The van der Waals surface area contributed by atoms with Crippen LogP contribution >= 0.6 is 11.8 Å². The molecule has 0 spiro atoms. The quantitative estimate of drug-likeness (QED) is 0.137. The maximum absolute atomic E-state index is 14.6. The number of phenolic OH excluding ortho intramolecular Hbond substituents is 1. The highest BCUT2D eigenvalue weighted by Gasteiger charge is 2.69. The van der Waals surface area contributed by atoms with Gasteiger partial charge in [-0.3, -0.25) is 19.9 Å². The van der Waals surface area contributed by atoms with Crippen LogP contribution < -0.4 is 29.0 Å². The monoisotopic (exact) mass is 810 g/mol. The number of aryl methyl sites for hydroxylation is 1. The number of aromatic amines is 1. The zero-order valence-corrected chi connectivity index (χ0v) is 35.1. The lowest BCUT2D eigenvalue weighted by molar-refractivity contribution is -0.194. The number of hydrogen-bond donors (Lipinski definition) is 3. The van der Waals surface area contributed by atoms with Gasteiger partial charge in [-0.25, -0.2) is 4.79 Å². The number of hydrogen-bond acceptors (Lipinski definition) is 13. The summed E-state index contributed by atoms with van der Waals surface area (Å²) in [5.74, 6) is 2.08. The largest absolute Gasteiger partial charge is 0.504 e. The number of methoxy groups -OCH3 is 2. The van der Waals surface area contributed by atoms with Crippen LogP contribution in [0.1, 0.15) is 102 Å². The number of aromatic nitrogens is 1. The number of esters is 2. The Hall–Kier alpha value is -4.63. The highest BCUT2D eigenvalue weighted by atomic mass is 32.2. The summed E-state index contributed by atoms with van der Waals surface area (Å²) < 4.78 is 36.5. The third kappa shape index (κ3) is 4.94. The zero-order valence-electron chi connectivity index (χ0n) is 34.3. The molecule has 9 atom stereocenters. The van der Waals surface area contributed by atoms with E-state index in [-0.39, 0.29) is 60.1 Å². The Labute approximate surface area is 341 Å². The molecule has 14 heteroatoms. The maximum Gasteiger partial charge on any atom is 0.329 e. The number of thioether (sulfide) groups is 1. The summed E-state index contributed by atoms with van der Waals surface area (Å²) in [5.41, 5.74) is 7.65. The predicted octanol–water partition coefficient (Wildman–Crippen LogP) is 6.56. The van der Waals surface area contributed by atoms with E-state index in [9.17, 15) is 14.7 Å². The number of H-pyrrole nitrogens is 1. The molecule has 6 aliphatic heterocycles. The molecule has 10 rings (SSSR count). The Morgan fingerprint density at radius 2 is 1.83 bits per heavy atom. The Kier molecular flexibility index (Phi) is 8.56. The van der Waals surface area contributed by atoms with E-state index in [0.29, 0.717) is 28.6 Å². The summed E-state index contributed by atoms with van der Waals surface area (Å²) in [7, 11) is 3.25. The Balaban J connectivity index is 1.13. The van der Waals surface area contributed by atoms with E-state index in [1.54, 1.807) is 26.0 Å². The van der Waals surface area contributed by atoms with Crippen LogP contribution in [-0.4, -0.2) is 89.9 Å². The summed E-state index contributed by atoms with van der Waals surface area (Å²) >= 11 is 1.68. The van der Waals surface area contributed by atoms with E-state index in [4.69, 9.17) is 28.4 Å². The topological polar surface area (TPSA) is 144 Å². The van der Waals surface area contributed by atoms with Crippen molar-refractivity contribution in [1.29, 1.82) is 0 Å². The predicted molar refractivity (Wildman–Crippen MR) is 217 cm³/mol. The van der Waals surface area contributed by atoms with Gasteiger partial charge in [0, 0.05) is 75.5 Å². The zero-order chi connectivity index (χ0) is 40.7. The fourth-order valence-corrected chi connectivity index (χ4v) is 12.7. The van der Waals surface area contributed by atoms with Crippen molar-refractivity contribution in [2.45, 2.75) is 107 Å². The first-order valence-corrected chi connectivity index (χ1v) is 21.4. The SMILES string of the molecule is COc1ccc2[nH]c3c(c2c1)C[C@H](C)N[C@H]3C(=O)OC[C@H]1c2c3c(c(C)c(OC(C)=O)c2[C@@H](SC)C2[C@H]4c5c(cc(C)c(OC)c5O)C5(C)C[C@@H]([C@H](C)N21)N45)OCO3. The molecule has 3 N–H and O–H groups in total. The second kappa shape index (κ2) is 13.2. The molecule has 1 aromatic heterocycles. The molecule has 4 aromatic rings. The minimum atomic E-state index is -0.731. The third-order valence-corrected chi connectivity index (χ3v) is 15.0. The second-order valence-corrected chi connectivity index (χ2v) is 18.0. The van der Waals surface area contributed by atoms with E-state index in [1.165, 1.54) is 6.92 Å². The lowest BCUT2D eigenvalue weighted by Gasteiger charge is -2.67. The van der Waals surface area contributed by atoms with Crippen LogP contribution in [-0.2, 0) is 26.3 Å². The summed E-state index contributed by atoms with van der Waals surface area (Å²) in [4.78, 5) is 36.1. The van der Waals surface area contributed by atoms with E-state index in [0.717, 1.165) is 68.6 Å². The number of ether oxygens (including phenoxy) is 6. The Bertz CT molecular complexity index is 2430. The molecule has 7 heterocycles. The number of nitrogens with zero attached hydrogens (tertiary/aromatic N) is 2. The van der Waals surface area contributed by atoms with Gasteiger partial charge in [-0.15, -0.1) is 0 Å². The lowest BCUT2D eigenvalue weighted by Crippen LogP contribution is -2.74. The Morgan fingerprint density at radius 3 is 2.55 bits per heavy atom. The first-order valence-electron chi connectivity index (χ1n) is 20.1. The molecule has 0 aliphatic carbocycles. The number of piperazine rings is 1. The van der Waals surface area contributed by atoms with E-state index in [2.05, 4.69) is 53.2 Å². The smallest absolute Gasteiger partial charge is 0.329 e. The van der Waals surface area contributed by atoms with Gasteiger partial charge in [0.05, 0.1) is 31.6 Å². The molecule has 58 heavy (non-hydrogen) atoms. The van der Waals surface area contributed by atoms with Crippen LogP contribution in [0, 0.1) is 13.8 Å². The van der Waals surface area contributed by atoms with E-state index >= 15 is 0 Å². The van der Waals surface area contributed by atoms with Crippen molar-refractivity contribution < 1.29 is 43.1 Å². The number of carbonyl (C=O) groups is 2. The molecule has 2 fully saturated rings. The molecule has 2 unspecified atom stereocenters. The normalized spacial score (nSPS) is 30.1. The second-order valence-electron chi connectivity index (χ2n) is 17.0. The minimum absolute atomic E-state index is 0.000147. The number of aromatic hydroxyl groups is 1. The molecule has 6 aliphatic rings. The summed E-state index contributed by atoms with van der Waals surface area (Å²) in [6.45, 7) is 11.9. The van der Waals surface area contributed by atoms with E-state index < -0.39 is 24.0 Å². The van der Waals surface area contributed by atoms with E-state index in [1.807, 2.05) is 32.0 Å². The molecule has 306 valence electrons. The molecular formula is C44H50N4O9S. The van der Waals surface area contributed by atoms with Gasteiger partial charge in [-0.05, 0) is 94.7 Å². The number of nitrogens with one attached hydrogen (secondary N) is 2. The van der Waals surface area contributed by atoms with Crippen LogP contribution in [0.2, 0.25) is 0 Å². The fraction of sp³-hybridized carbons (Fsp3) is 0.500. The number of phenols is 1. The van der Waals surface area contributed by atoms with Crippen LogP contribution in [0.25, 0.3) is 10.9 Å². The van der Waals surface area contributed by atoms with Gasteiger partial charge in [0.2, 0.25) is 6.79 Å². The fourth-order valence-electron chi connectivity index (χ4n) is 11.7. The molecule has 0 saturated carbocycles. The molecule has 13 nitrogen and oxygen atoms in total. The van der Waals surface area contributed by atoms with Gasteiger partial charge in [0.25, 0.3) is 0 Å². The average Bonchev–Trinajstić information content (AvgIpc) is 3.88. The summed E-state index contributed by atoms with van der Waals surface area (Å²) in [6.07, 6.45) is 3.70. The summed E-state index contributed by atoms with van der Waals surface area (Å²) in [6, 6.07) is 6.48. The molecule has 3 aromatic carbocycles. The van der Waals surface area contributed by atoms with Gasteiger partial charge in [-0.1, -0.05) is 0 Å². The molecule has 0 radical (unpaired) electrons. The molecular weight excluding hydrogens is 761 g/mol. The van der Waals surface area contributed by atoms with Crippen molar-refractivity contribution in [1.82, 2.24) is 20.1 Å². The minimum Gasteiger partial charge on any atom is -0.504 e. The van der Waals surface area contributed by atoms with Crippen LogP contribution in [0.15, 0.2) is 24.3 Å². The number of carbonyl (C=O) groups excluding carboxylic acids is 2. The number of rotatable bonds is 7. The van der Waals surface area contributed by atoms with Gasteiger partial charge < -0.3 is 38.5 Å². The van der Waals surface area contributed by atoms with Gasteiger partial charge in [-0.2, -0.15) is 11.8 Å². The average molecular weight is 811 g/mol. The van der Waals surface area contributed by atoms with Gasteiger partial charge >= 0.3 is 11.9 Å². The van der Waals surface area contributed by atoms with Crippen molar-refractivity contribution >= 4 is 34.6 Å². The van der Waals surface area contributed by atoms with Crippen LogP contribution in [0.5, 0.6) is 34.5 Å². The van der Waals surface area contributed by atoms with Crippen molar-refractivity contribution in [3.63, 3.8) is 0 Å². The van der Waals surface area contributed by atoms with Crippen molar-refractivity contribution in [2.75, 3.05) is 33.9 Å². The maximum atomic E-state index is 14.6. The lowest BCUT2D eigenvalue weighted by atomic mass is 9.70. The number of fused-ring (bicyclic) bond motifs is 11. The van der Waals surface area contributed by atoms with Crippen molar-refractivity contribution in [3.05, 3.63) is 68.9 Å². The van der Waals surface area contributed by atoms with Crippen molar-refractivity contribution in [2.24, 2.45) is 0 Å². The summed E-state index contributed by atoms with van der Waals surface area (Å²) in [5, 5.41) is 16.4. The third-order valence-electron chi connectivity index (χ3n) is 14.0. The highest BCUT2D eigenvalue weighted by Crippen LogP contribution is 2.70. The molecule has 2 saturated heterocycles. The highest BCUT2D eigenvalue weighted by molar-refractivity contribution is 7.98. The van der Waals surface area contributed by atoms with Crippen molar-refractivity contribution in [3.8, 4) is 34.5 Å². The Morgan fingerprint density at radius 1 is 1.05 bits per heavy atom. The standard InChI is InChI=1S/C44H50N4O9S/c1-18-12-26-30(37(50)38(18)53-8)35-36-42(58-9)32-31(41-40(55-17-56-41)20(3)39(32)57-22(5)49)29(47(36)21(4)28-15-44(26,6)48(28)35)16-54-43(51)34-33-25(13-19(2)45-34)24-14-23(52-7)10-11-27(24)46-33/h10-12,14,19,21,28-29,34-36,42,45-46,50H,13,15-17H2,1-9H3/t19-,21-,28-,29-,34+,35+,36?,42+,44?/m0/s1.